The molecule has 5 aromatic rings. The first-order valence-electron chi connectivity index (χ1n) is 14.7. The first-order chi connectivity index (χ1) is 22.1. The fraction of sp³-hybridized carbons (Fsp3) is 0.200. The number of ether oxygens (including phenoxy) is 2. The molecule has 1 aliphatic heterocycles. The first-order valence-corrected chi connectivity index (χ1v) is 14.7. The SMILES string of the molecule is CC(C)(C)OC(=O)N1CCc2nc(Nc3cc(Oc4ccc(Nc5cc(-c6cccc(F)c6)ccn5)cc4F)ccn3)ccc2C1. The number of nitrogens with zero attached hydrogens (tertiary/aromatic N) is 4. The topological polar surface area (TPSA) is 102 Å². The predicted molar refractivity (Wildman–Crippen MR) is 171 cm³/mol. The Balaban J connectivity index is 1.09. The Kier molecular flexibility index (Phi) is 8.47. The monoisotopic (exact) mass is 622 g/mol. The van der Waals surface area contributed by atoms with Gasteiger partial charge >= 0.3 is 6.09 Å². The number of fused-ring (bicyclic) bond motifs is 1. The van der Waals surface area contributed by atoms with Crippen molar-refractivity contribution in [3.63, 3.8) is 0 Å². The number of halogens is 2. The van der Waals surface area contributed by atoms with Gasteiger partial charge in [0.1, 0.15) is 34.6 Å². The molecular weight excluding hydrogens is 590 g/mol. The number of carbonyl (C=O) groups is 1. The maximum atomic E-state index is 15.1. The van der Waals surface area contributed by atoms with Crippen molar-refractivity contribution in [2.24, 2.45) is 0 Å². The molecule has 46 heavy (non-hydrogen) atoms. The second-order valence-corrected chi connectivity index (χ2v) is 11.8. The Morgan fingerprint density at radius 1 is 0.848 bits per heavy atom. The van der Waals surface area contributed by atoms with Crippen LogP contribution in [-0.4, -0.2) is 38.1 Å². The highest BCUT2D eigenvalue weighted by Gasteiger charge is 2.26. The molecule has 9 nitrogen and oxygen atoms in total. The third kappa shape index (κ3) is 7.55. The van der Waals surface area contributed by atoms with E-state index in [1.54, 1.807) is 59.8 Å². The molecule has 3 aromatic heterocycles. The van der Waals surface area contributed by atoms with Crippen LogP contribution in [0.1, 0.15) is 32.0 Å². The van der Waals surface area contributed by atoms with Crippen LogP contribution >= 0.6 is 0 Å². The molecule has 2 aromatic carbocycles. The number of carbonyl (C=O) groups excluding carboxylic acids is 1. The Morgan fingerprint density at radius 2 is 1.63 bits per heavy atom. The maximum absolute atomic E-state index is 15.1. The number of pyridine rings is 3. The summed E-state index contributed by atoms with van der Waals surface area (Å²) >= 11 is 0. The molecule has 4 heterocycles. The summed E-state index contributed by atoms with van der Waals surface area (Å²) in [5.74, 6) is 1.05. The van der Waals surface area contributed by atoms with Gasteiger partial charge in [-0.05, 0) is 86.0 Å². The minimum Gasteiger partial charge on any atom is -0.454 e. The standard InChI is InChI=1S/C35H32F2N6O3/c1-35(2,3)46-34(44)43-16-13-29-24(21-43)7-10-31(41-29)42-33-20-27(12-15-39-33)45-30-9-8-26(19-28(30)37)40-32-18-23(11-14-38-32)22-5-4-6-25(36)17-22/h4-12,14-15,17-20H,13,16,21H2,1-3H3,(H,38,40)(H,39,41,42). The van der Waals surface area contributed by atoms with Gasteiger partial charge in [-0.15, -0.1) is 0 Å². The lowest BCUT2D eigenvalue weighted by Gasteiger charge is -2.30. The van der Waals surface area contributed by atoms with E-state index in [4.69, 9.17) is 14.5 Å². The number of hydrogen-bond donors (Lipinski definition) is 2. The summed E-state index contributed by atoms with van der Waals surface area (Å²) in [5, 5.41) is 6.26. The number of hydrogen-bond acceptors (Lipinski definition) is 8. The van der Waals surface area contributed by atoms with Crippen molar-refractivity contribution >= 4 is 29.2 Å². The van der Waals surface area contributed by atoms with Crippen LogP contribution in [0, 0.1) is 11.6 Å². The second kappa shape index (κ2) is 12.8. The highest BCUT2D eigenvalue weighted by atomic mass is 19.1. The Bertz CT molecular complexity index is 1900. The highest BCUT2D eigenvalue weighted by Crippen LogP contribution is 2.30. The van der Waals surface area contributed by atoms with Crippen LogP contribution in [0.25, 0.3) is 11.1 Å². The molecule has 11 heteroatoms. The summed E-state index contributed by atoms with van der Waals surface area (Å²) in [7, 11) is 0. The lowest BCUT2D eigenvalue weighted by Crippen LogP contribution is -2.40. The van der Waals surface area contributed by atoms with Crippen LogP contribution in [0.4, 0.5) is 36.7 Å². The molecule has 1 amide bonds. The second-order valence-electron chi connectivity index (χ2n) is 11.8. The first kappa shape index (κ1) is 30.4. The van der Waals surface area contributed by atoms with Crippen LogP contribution in [0.5, 0.6) is 11.5 Å². The predicted octanol–water partition coefficient (Wildman–Crippen LogP) is 8.39. The Hall–Kier alpha value is -5.58. The van der Waals surface area contributed by atoms with Crippen molar-refractivity contribution in [3.05, 3.63) is 114 Å². The summed E-state index contributed by atoms with van der Waals surface area (Å²) in [5.41, 5.74) is 3.24. The maximum Gasteiger partial charge on any atom is 0.410 e. The molecule has 234 valence electrons. The van der Waals surface area contributed by atoms with Crippen LogP contribution in [-0.2, 0) is 17.7 Å². The van der Waals surface area contributed by atoms with Gasteiger partial charge in [0.2, 0.25) is 0 Å². The number of aromatic nitrogens is 3. The van der Waals surface area contributed by atoms with Gasteiger partial charge in [0, 0.05) is 48.9 Å². The highest BCUT2D eigenvalue weighted by molar-refractivity contribution is 5.69. The zero-order valence-electron chi connectivity index (χ0n) is 25.6. The van der Waals surface area contributed by atoms with Gasteiger partial charge in [-0.25, -0.2) is 28.5 Å². The average Bonchev–Trinajstić information content (AvgIpc) is 3.02. The number of nitrogens with one attached hydrogen (secondary N) is 2. The molecule has 0 unspecified atom stereocenters. The van der Waals surface area contributed by atoms with Crippen molar-refractivity contribution < 1.29 is 23.0 Å². The molecule has 2 N–H and O–H groups in total. The fourth-order valence-corrected chi connectivity index (χ4v) is 4.93. The average molecular weight is 623 g/mol. The third-order valence-corrected chi connectivity index (χ3v) is 7.04. The Labute approximate surface area is 265 Å². The lowest BCUT2D eigenvalue weighted by atomic mass is 10.1. The molecule has 0 fully saturated rings. The number of amides is 1. The zero-order valence-corrected chi connectivity index (χ0v) is 25.6. The lowest BCUT2D eigenvalue weighted by molar-refractivity contribution is 0.0223. The van der Waals surface area contributed by atoms with E-state index < -0.39 is 11.4 Å². The summed E-state index contributed by atoms with van der Waals surface area (Å²) in [6.45, 7) is 6.48. The van der Waals surface area contributed by atoms with Gasteiger partial charge < -0.3 is 25.0 Å². The van der Waals surface area contributed by atoms with Gasteiger partial charge in [0.05, 0.1) is 6.54 Å². The van der Waals surface area contributed by atoms with E-state index in [2.05, 4.69) is 20.6 Å². The molecule has 6 rings (SSSR count). The van der Waals surface area contributed by atoms with E-state index in [1.807, 2.05) is 32.9 Å². The van der Waals surface area contributed by atoms with E-state index in [0.717, 1.165) is 16.8 Å². The minimum absolute atomic E-state index is 0.0330. The summed E-state index contributed by atoms with van der Waals surface area (Å²) < 4.78 is 40.1. The molecule has 0 atom stereocenters. The molecule has 0 radical (unpaired) electrons. The van der Waals surface area contributed by atoms with Gasteiger partial charge in [-0.3, -0.25) is 0 Å². The summed E-state index contributed by atoms with van der Waals surface area (Å²) in [6.07, 6.45) is 3.41. The van der Waals surface area contributed by atoms with Crippen molar-refractivity contribution in [2.75, 3.05) is 17.2 Å². The normalized spacial score (nSPS) is 12.7. The van der Waals surface area contributed by atoms with Crippen molar-refractivity contribution in [1.29, 1.82) is 0 Å². The van der Waals surface area contributed by atoms with Crippen LogP contribution < -0.4 is 15.4 Å². The number of benzene rings is 2. The van der Waals surface area contributed by atoms with E-state index in [0.29, 0.717) is 54.0 Å². The largest absolute Gasteiger partial charge is 0.454 e. The van der Waals surface area contributed by atoms with Crippen LogP contribution in [0.2, 0.25) is 0 Å². The molecule has 0 saturated carbocycles. The third-order valence-electron chi connectivity index (χ3n) is 7.04. The van der Waals surface area contributed by atoms with Gasteiger partial charge in [0.25, 0.3) is 0 Å². The van der Waals surface area contributed by atoms with E-state index in [-0.39, 0.29) is 17.7 Å². The van der Waals surface area contributed by atoms with E-state index >= 15 is 4.39 Å². The quantitative estimate of drug-likeness (QED) is 0.187. The minimum atomic E-state index is -0.575. The molecule has 0 bridgehead atoms. The van der Waals surface area contributed by atoms with Crippen LogP contribution in [0.15, 0.2) is 91.3 Å². The van der Waals surface area contributed by atoms with Crippen molar-refractivity contribution in [3.8, 4) is 22.6 Å². The number of anilines is 4. The van der Waals surface area contributed by atoms with Crippen molar-refractivity contribution in [1.82, 2.24) is 19.9 Å². The van der Waals surface area contributed by atoms with E-state index in [1.165, 1.54) is 24.3 Å². The summed E-state index contributed by atoms with van der Waals surface area (Å²) in [4.78, 5) is 27.5. The Morgan fingerprint density at radius 3 is 2.41 bits per heavy atom. The van der Waals surface area contributed by atoms with Crippen molar-refractivity contribution in [2.45, 2.75) is 39.3 Å². The molecule has 0 saturated heterocycles. The molecule has 1 aliphatic rings. The fourth-order valence-electron chi connectivity index (χ4n) is 4.93. The van der Waals surface area contributed by atoms with Gasteiger partial charge in [-0.1, -0.05) is 18.2 Å². The van der Waals surface area contributed by atoms with Gasteiger partial charge in [-0.2, -0.15) is 0 Å². The summed E-state index contributed by atoms with van der Waals surface area (Å²) in [6, 6.07) is 21.4. The van der Waals surface area contributed by atoms with Gasteiger partial charge in [0.15, 0.2) is 11.6 Å². The molecular formula is C35H32F2N6O3. The van der Waals surface area contributed by atoms with Crippen LogP contribution in [0.3, 0.4) is 0 Å². The molecule has 0 spiro atoms. The number of rotatable bonds is 7. The zero-order chi connectivity index (χ0) is 32.3. The smallest absolute Gasteiger partial charge is 0.410 e. The van der Waals surface area contributed by atoms with E-state index in [9.17, 15) is 9.18 Å². The molecule has 0 aliphatic carbocycles.